The molecule has 0 saturated carbocycles. The minimum Gasteiger partial charge on any atom is -0.346 e. The van der Waals surface area contributed by atoms with Crippen LogP contribution in [0.2, 0.25) is 0 Å². The number of hydrogen-bond donors (Lipinski definition) is 2. The summed E-state index contributed by atoms with van der Waals surface area (Å²) in [6, 6.07) is 6.09. The fourth-order valence-corrected chi connectivity index (χ4v) is 1.72. The number of aromatic nitrogens is 2. The Morgan fingerprint density at radius 2 is 2.15 bits per heavy atom. The van der Waals surface area contributed by atoms with Crippen molar-refractivity contribution in [1.82, 2.24) is 15.3 Å². The Bertz CT molecular complexity index is 603. The zero-order valence-corrected chi connectivity index (χ0v) is 10.8. The van der Waals surface area contributed by atoms with Crippen LogP contribution in [0.25, 0.3) is 0 Å². The van der Waals surface area contributed by atoms with Gasteiger partial charge < -0.3 is 11.1 Å². The van der Waals surface area contributed by atoms with Crippen LogP contribution in [0.1, 0.15) is 21.7 Å². The molecule has 0 saturated heterocycles. The van der Waals surface area contributed by atoms with Crippen molar-refractivity contribution in [3.63, 3.8) is 0 Å². The smallest absolute Gasteiger partial charge is 0.251 e. The minimum atomic E-state index is -0.439. The van der Waals surface area contributed by atoms with Crippen LogP contribution in [0.5, 0.6) is 0 Å². The van der Waals surface area contributed by atoms with Gasteiger partial charge in [-0.3, -0.25) is 14.8 Å². The van der Waals surface area contributed by atoms with Gasteiger partial charge >= 0.3 is 0 Å². The molecule has 0 unspecified atom stereocenters. The zero-order chi connectivity index (χ0) is 14.4. The van der Waals surface area contributed by atoms with Crippen LogP contribution >= 0.6 is 0 Å². The summed E-state index contributed by atoms with van der Waals surface area (Å²) in [5.41, 5.74) is 6.88. The third kappa shape index (κ3) is 3.58. The van der Waals surface area contributed by atoms with Crippen molar-refractivity contribution >= 4 is 5.91 Å². The van der Waals surface area contributed by atoms with Gasteiger partial charge in [-0.1, -0.05) is 0 Å². The Hall–Kier alpha value is -2.34. The van der Waals surface area contributed by atoms with Crippen molar-refractivity contribution < 1.29 is 9.18 Å². The summed E-state index contributed by atoms with van der Waals surface area (Å²) in [5.74, 6) is -0.734. The third-order valence-corrected chi connectivity index (χ3v) is 2.73. The number of carbonyl (C=O) groups excluding carboxylic acids is 1. The topological polar surface area (TPSA) is 80.9 Å². The Morgan fingerprint density at radius 3 is 2.90 bits per heavy atom. The van der Waals surface area contributed by atoms with Crippen LogP contribution in [0.3, 0.4) is 0 Å². The van der Waals surface area contributed by atoms with Gasteiger partial charge in [0.15, 0.2) is 0 Å². The van der Waals surface area contributed by atoms with Crippen molar-refractivity contribution in [2.45, 2.75) is 13.0 Å². The lowest BCUT2D eigenvalue weighted by Crippen LogP contribution is -2.24. The summed E-state index contributed by atoms with van der Waals surface area (Å²) in [4.78, 5) is 19.9. The highest BCUT2D eigenvalue weighted by Crippen LogP contribution is 2.05. The average molecular weight is 274 g/mol. The van der Waals surface area contributed by atoms with Gasteiger partial charge in [-0.05, 0) is 30.8 Å². The Labute approximate surface area is 116 Å². The monoisotopic (exact) mass is 274 g/mol. The molecule has 2 aromatic rings. The van der Waals surface area contributed by atoms with E-state index in [1.807, 2.05) is 0 Å². The molecule has 0 spiro atoms. The molecule has 2 rings (SSSR count). The molecule has 104 valence electrons. The molecule has 0 radical (unpaired) electrons. The minimum absolute atomic E-state index is 0.0417. The predicted octanol–water partition coefficient (Wildman–Crippen LogP) is 1.05. The quantitative estimate of drug-likeness (QED) is 0.854. The number of hydrogen-bond acceptors (Lipinski definition) is 4. The highest BCUT2D eigenvalue weighted by molar-refractivity contribution is 5.94. The first-order valence-corrected chi connectivity index (χ1v) is 6.23. The van der Waals surface area contributed by atoms with Crippen LogP contribution in [-0.2, 0) is 13.0 Å². The van der Waals surface area contributed by atoms with Crippen LogP contribution in [0, 0.1) is 5.82 Å². The predicted molar refractivity (Wildman–Crippen MR) is 72.4 cm³/mol. The number of pyridine rings is 2. The molecule has 5 nitrogen and oxygen atoms in total. The highest BCUT2D eigenvalue weighted by atomic mass is 19.1. The molecule has 0 aliphatic heterocycles. The van der Waals surface area contributed by atoms with Crippen LogP contribution in [0.4, 0.5) is 4.39 Å². The van der Waals surface area contributed by atoms with Crippen molar-refractivity contribution in [1.29, 1.82) is 0 Å². The van der Waals surface area contributed by atoms with Crippen molar-refractivity contribution in [3.05, 3.63) is 59.4 Å². The number of rotatable bonds is 5. The molecule has 0 fully saturated rings. The van der Waals surface area contributed by atoms with E-state index < -0.39 is 5.82 Å². The molecular formula is C14H15FN4O. The molecule has 3 N–H and O–H groups in total. The Balaban J connectivity index is 2.01. The van der Waals surface area contributed by atoms with E-state index in [9.17, 15) is 9.18 Å². The van der Waals surface area contributed by atoms with E-state index in [0.29, 0.717) is 18.5 Å². The van der Waals surface area contributed by atoms with Gasteiger partial charge in [0.05, 0.1) is 12.2 Å². The number of halogens is 1. The first kappa shape index (κ1) is 14.1. The molecule has 0 atom stereocenters. The van der Waals surface area contributed by atoms with Crippen LogP contribution in [0.15, 0.2) is 36.7 Å². The molecule has 20 heavy (non-hydrogen) atoms. The number of carbonyl (C=O) groups is 1. The lowest BCUT2D eigenvalue weighted by molar-refractivity contribution is 0.0950. The van der Waals surface area contributed by atoms with Crippen molar-refractivity contribution in [3.8, 4) is 0 Å². The molecule has 0 aliphatic rings. The zero-order valence-electron chi connectivity index (χ0n) is 10.8. The third-order valence-electron chi connectivity index (χ3n) is 2.73. The summed E-state index contributed by atoms with van der Waals surface area (Å²) >= 11 is 0. The molecule has 0 aliphatic carbocycles. The molecule has 0 aromatic carbocycles. The lowest BCUT2D eigenvalue weighted by Gasteiger charge is -2.06. The van der Waals surface area contributed by atoms with Gasteiger partial charge in [-0.15, -0.1) is 0 Å². The Morgan fingerprint density at radius 1 is 1.30 bits per heavy atom. The summed E-state index contributed by atoms with van der Waals surface area (Å²) in [7, 11) is 0. The summed E-state index contributed by atoms with van der Waals surface area (Å²) in [6.07, 6.45) is 3.65. The first-order valence-electron chi connectivity index (χ1n) is 6.23. The normalized spacial score (nSPS) is 10.3. The average Bonchev–Trinajstić information content (AvgIpc) is 2.47. The maximum absolute atomic E-state index is 13.4. The standard InChI is InChI=1S/C14H15FN4O/c15-12-2-1-6-18-13(12)9-19-14(20)10-4-7-17-11(8-10)3-5-16/h1-2,4,6-8H,3,5,9,16H2,(H,19,20). The van der Waals surface area contributed by atoms with Crippen molar-refractivity contribution in [2.75, 3.05) is 6.54 Å². The van der Waals surface area contributed by atoms with E-state index >= 15 is 0 Å². The second-order valence-electron chi connectivity index (χ2n) is 4.19. The number of amides is 1. The first-order chi connectivity index (χ1) is 9.70. The van der Waals surface area contributed by atoms with E-state index in [0.717, 1.165) is 5.69 Å². The van der Waals surface area contributed by atoms with E-state index in [-0.39, 0.29) is 18.1 Å². The number of nitrogens with zero attached hydrogens (tertiary/aromatic N) is 2. The van der Waals surface area contributed by atoms with E-state index in [1.165, 1.54) is 18.3 Å². The summed E-state index contributed by atoms with van der Waals surface area (Å²) in [5, 5.41) is 2.62. The molecule has 1 amide bonds. The highest BCUT2D eigenvalue weighted by Gasteiger charge is 2.08. The van der Waals surface area contributed by atoms with Gasteiger partial charge in [0.25, 0.3) is 5.91 Å². The van der Waals surface area contributed by atoms with Crippen LogP contribution < -0.4 is 11.1 Å². The number of nitrogens with two attached hydrogens (primary N) is 1. The van der Waals surface area contributed by atoms with E-state index in [4.69, 9.17) is 5.73 Å². The van der Waals surface area contributed by atoms with Gasteiger partial charge in [0, 0.05) is 30.1 Å². The van der Waals surface area contributed by atoms with Gasteiger partial charge in [-0.25, -0.2) is 4.39 Å². The van der Waals surface area contributed by atoms with Crippen LogP contribution in [-0.4, -0.2) is 22.4 Å². The molecule has 2 aromatic heterocycles. The van der Waals surface area contributed by atoms with E-state index in [1.54, 1.807) is 18.3 Å². The summed E-state index contributed by atoms with van der Waals surface area (Å²) in [6.45, 7) is 0.511. The summed E-state index contributed by atoms with van der Waals surface area (Å²) < 4.78 is 13.4. The maximum atomic E-state index is 13.4. The number of nitrogens with one attached hydrogen (secondary N) is 1. The Kier molecular flexibility index (Phi) is 4.73. The SMILES string of the molecule is NCCc1cc(C(=O)NCc2ncccc2F)ccn1. The molecule has 2 heterocycles. The van der Waals surface area contributed by atoms with Gasteiger partial charge in [0.1, 0.15) is 5.82 Å². The largest absolute Gasteiger partial charge is 0.346 e. The van der Waals surface area contributed by atoms with Crippen molar-refractivity contribution in [2.24, 2.45) is 5.73 Å². The lowest BCUT2D eigenvalue weighted by atomic mass is 10.2. The second-order valence-corrected chi connectivity index (χ2v) is 4.19. The molecule has 0 bridgehead atoms. The fourth-order valence-electron chi connectivity index (χ4n) is 1.72. The van der Waals surface area contributed by atoms with E-state index in [2.05, 4.69) is 15.3 Å². The van der Waals surface area contributed by atoms with Gasteiger partial charge in [0.2, 0.25) is 0 Å². The molecule has 6 heteroatoms. The fraction of sp³-hybridized carbons (Fsp3) is 0.214. The second kappa shape index (κ2) is 6.72. The van der Waals surface area contributed by atoms with Gasteiger partial charge in [-0.2, -0.15) is 0 Å². The molecular weight excluding hydrogens is 259 g/mol. The maximum Gasteiger partial charge on any atom is 0.251 e.